The molecule has 0 atom stereocenters. The number of rotatable bonds is 6. The molecule has 1 amide bonds. The van der Waals surface area contributed by atoms with Crippen molar-refractivity contribution in [1.82, 2.24) is 4.90 Å². The van der Waals surface area contributed by atoms with Gasteiger partial charge in [0.2, 0.25) is 0 Å². The molecule has 0 fully saturated rings. The van der Waals surface area contributed by atoms with E-state index in [-0.39, 0.29) is 18.2 Å². The first-order valence-electron chi connectivity index (χ1n) is 8.48. The summed E-state index contributed by atoms with van der Waals surface area (Å²) in [6.07, 6.45) is 0. The first-order valence-corrected chi connectivity index (χ1v) is 8.48. The Balaban J connectivity index is 1.78. The summed E-state index contributed by atoms with van der Waals surface area (Å²) in [5, 5.41) is 0. The number of nitrogens with zero attached hydrogens (tertiary/aromatic N) is 1. The summed E-state index contributed by atoms with van der Waals surface area (Å²) in [6, 6.07) is 21.0. The Labute approximate surface area is 157 Å². The second-order valence-electron chi connectivity index (χ2n) is 6.04. The molecule has 0 aliphatic carbocycles. The van der Waals surface area contributed by atoms with Crippen molar-refractivity contribution in [2.45, 2.75) is 6.54 Å². The van der Waals surface area contributed by atoms with Gasteiger partial charge in [-0.1, -0.05) is 36.4 Å². The first-order chi connectivity index (χ1) is 13.1. The molecule has 0 radical (unpaired) electrons. The van der Waals surface area contributed by atoms with Gasteiger partial charge in [-0.15, -0.1) is 0 Å². The molecule has 0 aliphatic heterocycles. The van der Waals surface area contributed by atoms with Crippen molar-refractivity contribution in [1.29, 1.82) is 0 Å². The first kappa shape index (κ1) is 18.5. The zero-order valence-electron chi connectivity index (χ0n) is 15.2. The van der Waals surface area contributed by atoms with E-state index in [0.717, 1.165) is 0 Å². The molecule has 138 valence electrons. The standard InChI is InChI=1S/C22H20FNO3/c1-24(15-16-12-13-21(26-2)19(23)14-16)22(25)18-10-6-7-11-20(18)27-17-8-4-3-5-9-17/h3-14H,15H2,1-2H3. The van der Waals surface area contributed by atoms with Crippen molar-refractivity contribution >= 4 is 5.91 Å². The number of carbonyl (C=O) groups excluding carboxylic acids is 1. The molecule has 5 heteroatoms. The minimum Gasteiger partial charge on any atom is -0.494 e. The van der Waals surface area contributed by atoms with E-state index in [1.165, 1.54) is 18.1 Å². The van der Waals surface area contributed by atoms with Crippen molar-refractivity contribution < 1.29 is 18.7 Å². The molecule has 0 spiro atoms. The fourth-order valence-electron chi connectivity index (χ4n) is 2.71. The Morgan fingerprint density at radius 3 is 2.37 bits per heavy atom. The minimum absolute atomic E-state index is 0.175. The van der Waals surface area contributed by atoms with Gasteiger partial charge in [0.15, 0.2) is 11.6 Å². The summed E-state index contributed by atoms with van der Waals surface area (Å²) in [6.45, 7) is 0.263. The number of hydrogen-bond acceptors (Lipinski definition) is 3. The largest absolute Gasteiger partial charge is 0.494 e. The lowest BCUT2D eigenvalue weighted by Crippen LogP contribution is -2.26. The highest BCUT2D eigenvalue weighted by Gasteiger charge is 2.18. The van der Waals surface area contributed by atoms with E-state index in [4.69, 9.17) is 9.47 Å². The molecule has 4 nitrogen and oxygen atoms in total. The van der Waals surface area contributed by atoms with Crippen molar-refractivity contribution in [3.63, 3.8) is 0 Å². The molecule has 0 saturated carbocycles. The average Bonchev–Trinajstić information content (AvgIpc) is 2.69. The number of ether oxygens (including phenoxy) is 2. The highest BCUT2D eigenvalue weighted by molar-refractivity contribution is 5.96. The summed E-state index contributed by atoms with van der Waals surface area (Å²) in [5.74, 6) is 0.634. The van der Waals surface area contributed by atoms with Crippen LogP contribution in [0.5, 0.6) is 17.2 Å². The van der Waals surface area contributed by atoms with Gasteiger partial charge in [0.05, 0.1) is 12.7 Å². The van der Waals surface area contributed by atoms with Crippen LogP contribution in [0.1, 0.15) is 15.9 Å². The topological polar surface area (TPSA) is 38.8 Å². The summed E-state index contributed by atoms with van der Waals surface area (Å²) >= 11 is 0. The zero-order chi connectivity index (χ0) is 19.2. The van der Waals surface area contributed by atoms with E-state index in [2.05, 4.69) is 0 Å². The van der Waals surface area contributed by atoms with Crippen molar-refractivity contribution in [2.24, 2.45) is 0 Å². The van der Waals surface area contributed by atoms with Gasteiger partial charge < -0.3 is 14.4 Å². The fraction of sp³-hybridized carbons (Fsp3) is 0.136. The molecular formula is C22H20FNO3. The molecule has 0 aliphatic rings. The Morgan fingerprint density at radius 2 is 1.67 bits per heavy atom. The number of para-hydroxylation sites is 2. The van der Waals surface area contributed by atoms with Crippen LogP contribution in [-0.2, 0) is 6.54 Å². The second-order valence-corrected chi connectivity index (χ2v) is 6.04. The quantitative estimate of drug-likeness (QED) is 0.624. The molecule has 0 N–H and O–H groups in total. The normalized spacial score (nSPS) is 10.3. The molecule has 27 heavy (non-hydrogen) atoms. The van der Waals surface area contributed by atoms with E-state index < -0.39 is 5.82 Å². The monoisotopic (exact) mass is 365 g/mol. The molecule has 0 aromatic heterocycles. The third-order valence-electron chi connectivity index (χ3n) is 4.07. The minimum atomic E-state index is -0.455. The highest BCUT2D eigenvalue weighted by atomic mass is 19.1. The fourth-order valence-corrected chi connectivity index (χ4v) is 2.71. The van der Waals surface area contributed by atoms with Crippen LogP contribution >= 0.6 is 0 Å². The van der Waals surface area contributed by atoms with Crippen molar-refractivity contribution in [2.75, 3.05) is 14.2 Å². The van der Waals surface area contributed by atoms with E-state index in [1.807, 2.05) is 36.4 Å². The maximum Gasteiger partial charge on any atom is 0.257 e. The van der Waals surface area contributed by atoms with Gasteiger partial charge in [-0.25, -0.2) is 4.39 Å². The van der Waals surface area contributed by atoms with Gasteiger partial charge in [-0.3, -0.25) is 4.79 Å². The molecular weight excluding hydrogens is 345 g/mol. The van der Waals surface area contributed by atoms with Crippen molar-refractivity contribution in [3.05, 3.63) is 89.7 Å². The maximum atomic E-state index is 13.9. The highest BCUT2D eigenvalue weighted by Crippen LogP contribution is 2.26. The average molecular weight is 365 g/mol. The Bertz CT molecular complexity index is 928. The molecule has 3 aromatic carbocycles. The number of amides is 1. The van der Waals surface area contributed by atoms with Crippen LogP contribution in [0.3, 0.4) is 0 Å². The van der Waals surface area contributed by atoms with E-state index in [0.29, 0.717) is 22.6 Å². The van der Waals surface area contributed by atoms with Crippen LogP contribution in [0, 0.1) is 5.82 Å². The van der Waals surface area contributed by atoms with Crippen molar-refractivity contribution in [3.8, 4) is 17.2 Å². The van der Waals surface area contributed by atoms with Crippen LogP contribution in [0.25, 0.3) is 0 Å². The third kappa shape index (κ3) is 4.44. The van der Waals surface area contributed by atoms with Crippen LogP contribution in [0.2, 0.25) is 0 Å². The molecule has 0 bridgehead atoms. The van der Waals surface area contributed by atoms with Gasteiger partial charge in [-0.2, -0.15) is 0 Å². The number of methoxy groups -OCH3 is 1. The molecule has 0 heterocycles. The number of carbonyl (C=O) groups is 1. The Morgan fingerprint density at radius 1 is 0.963 bits per heavy atom. The van der Waals surface area contributed by atoms with Gasteiger partial charge >= 0.3 is 0 Å². The predicted octanol–water partition coefficient (Wildman–Crippen LogP) is 4.90. The zero-order valence-corrected chi connectivity index (χ0v) is 15.2. The smallest absolute Gasteiger partial charge is 0.257 e. The molecule has 3 aromatic rings. The summed E-state index contributed by atoms with van der Waals surface area (Å²) in [5.41, 5.74) is 1.11. The summed E-state index contributed by atoms with van der Waals surface area (Å²) < 4.78 is 24.7. The molecule has 3 rings (SSSR count). The van der Waals surface area contributed by atoms with Gasteiger partial charge in [-0.05, 0) is 42.0 Å². The molecule has 0 unspecified atom stereocenters. The second kappa shape index (κ2) is 8.36. The summed E-state index contributed by atoms with van der Waals surface area (Å²) in [4.78, 5) is 14.4. The van der Waals surface area contributed by atoms with Gasteiger partial charge in [0.1, 0.15) is 11.5 Å². The molecule has 0 saturated heterocycles. The number of hydrogen-bond donors (Lipinski definition) is 0. The van der Waals surface area contributed by atoms with E-state index in [9.17, 15) is 9.18 Å². The number of halogens is 1. The van der Waals surface area contributed by atoms with Crippen LogP contribution in [0.4, 0.5) is 4.39 Å². The predicted molar refractivity (Wildman–Crippen MR) is 102 cm³/mol. The summed E-state index contributed by atoms with van der Waals surface area (Å²) in [7, 11) is 3.08. The van der Waals surface area contributed by atoms with Crippen LogP contribution in [0.15, 0.2) is 72.8 Å². The van der Waals surface area contributed by atoms with E-state index >= 15 is 0 Å². The SMILES string of the molecule is COc1ccc(CN(C)C(=O)c2ccccc2Oc2ccccc2)cc1F. The number of benzene rings is 3. The third-order valence-corrected chi connectivity index (χ3v) is 4.07. The maximum absolute atomic E-state index is 13.9. The lowest BCUT2D eigenvalue weighted by Gasteiger charge is -2.19. The van der Waals surface area contributed by atoms with Crippen LogP contribution < -0.4 is 9.47 Å². The van der Waals surface area contributed by atoms with Gasteiger partial charge in [0.25, 0.3) is 5.91 Å². The lowest BCUT2D eigenvalue weighted by molar-refractivity contribution is 0.0782. The van der Waals surface area contributed by atoms with Crippen LogP contribution in [-0.4, -0.2) is 25.0 Å². The lowest BCUT2D eigenvalue weighted by atomic mass is 10.1. The Kier molecular flexibility index (Phi) is 5.71. The van der Waals surface area contributed by atoms with Gasteiger partial charge in [0, 0.05) is 13.6 Å². The Hall–Kier alpha value is -3.34. The van der Waals surface area contributed by atoms with E-state index in [1.54, 1.807) is 37.4 Å².